The number of rotatable bonds is 4. The number of hydrogen-bond acceptors (Lipinski definition) is 5. The van der Waals surface area contributed by atoms with Crippen molar-refractivity contribution in [3.05, 3.63) is 11.6 Å². The average molecular weight is 382 g/mol. The number of carbonyl (C=O) groups excluding carboxylic acids is 1. The van der Waals surface area contributed by atoms with Crippen LogP contribution in [-0.4, -0.2) is 58.3 Å². The summed E-state index contributed by atoms with van der Waals surface area (Å²) >= 11 is 0. The van der Waals surface area contributed by atoms with Gasteiger partial charge in [0.15, 0.2) is 0 Å². The standard InChI is InChI=1S/C17H27N5O3S/c1-2-26(24,25)21-11-9-17(10-12-21)8-7-14-19-20-15(22(14)17)16(23)18-13-5-3-4-6-13/h13H,2-12H2,1H3,(H,18,23). The van der Waals surface area contributed by atoms with E-state index in [0.29, 0.717) is 31.8 Å². The van der Waals surface area contributed by atoms with Gasteiger partial charge in [-0.15, -0.1) is 10.2 Å². The van der Waals surface area contributed by atoms with Gasteiger partial charge in [-0.05, 0) is 39.0 Å². The minimum atomic E-state index is -3.16. The second-order valence-corrected chi connectivity index (χ2v) is 10.0. The van der Waals surface area contributed by atoms with Crippen molar-refractivity contribution in [2.24, 2.45) is 0 Å². The Morgan fingerprint density at radius 1 is 1.19 bits per heavy atom. The Morgan fingerprint density at radius 3 is 2.54 bits per heavy atom. The maximum Gasteiger partial charge on any atom is 0.289 e. The van der Waals surface area contributed by atoms with Gasteiger partial charge in [0, 0.05) is 25.6 Å². The minimum Gasteiger partial charge on any atom is -0.347 e. The van der Waals surface area contributed by atoms with Crippen LogP contribution in [0.4, 0.5) is 0 Å². The second kappa shape index (κ2) is 6.60. The number of hydrogen-bond donors (Lipinski definition) is 1. The number of amides is 1. The third-order valence-corrected chi connectivity index (χ3v) is 8.20. The first-order valence-corrected chi connectivity index (χ1v) is 11.3. The summed E-state index contributed by atoms with van der Waals surface area (Å²) in [6, 6.07) is 0.240. The molecular formula is C17H27N5O3S. The van der Waals surface area contributed by atoms with Gasteiger partial charge in [0.25, 0.3) is 5.91 Å². The predicted octanol–water partition coefficient (Wildman–Crippen LogP) is 1.04. The van der Waals surface area contributed by atoms with Crippen molar-refractivity contribution in [3.63, 3.8) is 0 Å². The van der Waals surface area contributed by atoms with Crippen LogP contribution in [0.1, 0.15) is 68.3 Å². The van der Waals surface area contributed by atoms with Gasteiger partial charge in [-0.1, -0.05) is 12.8 Å². The van der Waals surface area contributed by atoms with Gasteiger partial charge in [0.1, 0.15) is 5.82 Å². The third-order valence-electron chi connectivity index (χ3n) is 6.32. The maximum atomic E-state index is 12.8. The number of fused-ring (bicyclic) bond motifs is 2. The summed E-state index contributed by atoms with van der Waals surface area (Å²) in [5, 5.41) is 11.5. The summed E-state index contributed by atoms with van der Waals surface area (Å²) in [6.07, 6.45) is 7.50. The van der Waals surface area contributed by atoms with Gasteiger partial charge in [-0.25, -0.2) is 12.7 Å². The molecular weight excluding hydrogens is 354 g/mol. The molecule has 26 heavy (non-hydrogen) atoms. The minimum absolute atomic E-state index is 0.132. The molecule has 3 heterocycles. The van der Waals surface area contributed by atoms with Crippen molar-refractivity contribution in [2.75, 3.05) is 18.8 Å². The van der Waals surface area contributed by atoms with Crippen molar-refractivity contribution in [1.29, 1.82) is 0 Å². The van der Waals surface area contributed by atoms with Crippen molar-refractivity contribution in [1.82, 2.24) is 24.4 Å². The van der Waals surface area contributed by atoms with Crippen LogP contribution >= 0.6 is 0 Å². The summed E-state index contributed by atoms with van der Waals surface area (Å²) < 4.78 is 27.9. The van der Waals surface area contributed by atoms with Gasteiger partial charge in [-0.3, -0.25) is 4.79 Å². The van der Waals surface area contributed by atoms with Gasteiger partial charge in [0.05, 0.1) is 11.3 Å². The fourth-order valence-corrected chi connectivity index (χ4v) is 5.84. The molecule has 1 aliphatic carbocycles. The fourth-order valence-electron chi connectivity index (χ4n) is 4.74. The number of piperidine rings is 1. The lowest BCUT2D eigenvalue weighted by atomic mass is 9.86. The molecule has 144 valence electrons. The van der Waals surface area contributed by atoms with E-state index in [9.17, 15) is 13.2 Å². The maximum absolute atomic E-state index is 12.8. The molecule has 1 amide bonds. The van der Waals surface area contributed by atoms with Crippen LogP contribution in [0.25, 0.3) is 0 Å². The number of sulfonamides is 1. The largest absolute Gasteiger partial charge is 0.347 e. The zero-order chi connectivity index (χ0) is 18.4. The highest BCUT2D eigenvalue weighted by Gasteiger charge is 2.46. The lowest BCUT2D eigenvalue weighted by Gasteiger charge is -2.40. The normalized spacial score (nSPS) is 23.4. The molecule has 1 spiro atoms. The Morgan fingerprint density at radius 2 is 1.88 bits per heavy atom. The van der Waals surface area contributed by atoms with Crippen LogP contribution in [0, 0.1) is 0 Å². The van der Waals surface area contributed by atoms with Gasteiger partial charge < -0.3 is 9.88 Å². The highest BCUT2D eigenvalue weighted by molar-refractivity contribution is 7.89. The van der Waals surface area contributed by atoms with E-state index in [4.69, 9.17) is 0 Å². The summed E-state index contributed by atoms with van der Waals surface area (Å²) in [7, 11) is -3.16. The zero-order valence-electron chi connectivity index (χ0n) is 15.3. The van der Waals surface area contributed by atoms with E-state index in [1.807, 2.05) is 4.57 Å². The Balaban J connectivity index is 1.54. The highest BCUT2D eigenvalue weighted by atomic mass is 32.2. The lowest BCUT2D eigenvalue weighted by molar-refractivity contribution is 0.0900. The average Bonchev–Trinajstić information content (AvgIpc) is 3.35. The smallest absolute Gasteiger partial charge is 0.289 e. The number of aryl methyl sites for hydroxylation is 1. The quantitative estimate of drug-likeness (QED) is 0.840. The lowest BCUT2D eigenvalue weighted by Crippen LogP contribution is -2.48. The molecule has 0 bridgehead atoms. The Kier molecular flexibility index (Phi) is 4.54. The second-order valence-electron chi connectivity index (χ2n) is 7.75. The van der Waals surface area contributed by atoms with Crippen LogP contribution < -0.4 is 5.32 Å². The molecule has 2 aliphatic heterocycles. The number of aromatic nitrogens is 3. The van der Waals surface area contributed by atoms with Crippen LogP contribution in [-0.2, 0) is 22.0 Å². The molecule has 4 rings (SSSR count). The SMILES string of the molecule is CCS(=O)(=O)N1CCC2(CCc3nnc(C(=O)NC4CCCC4)n32)CC1. The number of nitrogens with one attached hydrogen (secondary N) is 1. The van der Waals surface area contributed by atoms with E-state index < -0.39 is 10.0 Å². The molecule has 1 saturated heterocycles. The van der Waals surface area contributed by atoms with Crippen molar-refractivity contribution in [2.45, 2.75) is 69.9 Å². The van der Waals surface area contributed by atoms with Crippen LogP contribution in [0.5, 0.6) is 0 Å². The summed E-state index contributed by atoms with van der Waals surface area (Å²) in [6.45, 7) is 2.67. The highest BCUT2D eigenvalue weighted by Crippen LogP contribution is 2.41. The van der Waals surface area contributed by atoms with Gasteiger partial charge in [0.2, 0.25) is 15.8 Å². The topological polar surface area (TPSA) is 97.2 Å². The van der Waals surface area contributed by atoms with Crippen molar-refractivity contribution in [3.8, 4) is 0 Å². The number of nitrogens with zero attached hydrogens (tertiary/aromatic N) is 4. The molecule has 0 radical (unpaired) electrons. The Hall–Kier alpha value is -1.48. The molecule has 3 aliphatic rings. The van der Waals surface area contributed by atoms with E-state index in [-0.39, 0.29) is 23.2 Å². The molecule has 0 atom stereocenters. The zero-order valence-corrected chi connectivity index (χ0v) is 16.1. The first-order valence-electron chi connectivity index (χ1n) is 9.69. The van der Waals surface area contributed by atoms with Crippen molar-refractivity contribution < 1.29 is 13.2 Å². The van der Waals surface area contributed by atoms with Crippen LogP contribution in [0.15, 0.2) is 0 Å². The van der Waals surface area contributed by atoms with Crippen LogP contribution in [0.3, 0.4) is 0 Å². The Bertz CT molecular complexity index is 789. The molecule has 2 fully saturated rings. The molecule has 1 aromatic rings. The van der Waals surface area contributed by atoms with E-state index in [0.717, 1.165) is 44.3 Å². The monoisotopic (exact) mass is 381 g/mol. The summed E-state index contributed by atoms with van der Waals surface area (Å²) in [4.78, 5) is 12.8. The molecule has 9 heteroatoms. The predicted molar refractivity (Wildman–Crippen MR) is 96.3 cm³/mol. The van der Waals surface area contributed by atoms with Gasteiger partial charge in [-0.2, -0.15) is 0 Å². The van der Waals surface area contributed by atoms with Crippen LogP contribution in [0.2, 0.25) is 0 Å². The third kappa shape index (κ3) is 2.94. The molecule has 0 aromatic carbocycles. The van der Waals surface area contributed by atoms with E-state index in [1.165, 1.54) is 0 Å². The van der Waals surface area contributed by atoms with E-state index >= 15 is 0 Å². The Labute approximate surface area is 154 Å². The molecule has 1 N–H and O–H groups in total. The van der Waals surface area contributed by atoms with Gasteiger partial charge >= 0.3 is 0 Å². The summed E-state index contributed by atoms with van der Waals surface area (Å²) in [5.41, 5.74) is -0.221. The molecule has 1 aromatic heterocycles. The number of carbonyl (C=O) groups is 1. The van der Waals surface area contributed by atoms with E-state index in [1.54, 1.807) is 11.2 Å². The summed E-state index contributed by atoms with van der Waals surface area (Å²) in [5.74, 6) is 1.25. The molecule has 8 nitrogen and oxygen atoms in total. The van der Waals surface area contributed by atoms with E-state index in [2.05, 4.69) is 15.5 Å². The first-order chi connectivity index (χ1) is 12.5. The molecule has 1 saturated carbocycles. The fraction of sp³-hybridized carbons (Fsp3) is 0.824. The first kappa shape index (κ1) is 17.9. The van der Waals surface area contributed by atoms with Crippen molar-refractivity contribution >= 4 is 15.9 Å². The molecule has 0 unspecified atom stereocenters.